The Morgan fingerprint density at radius 1 is 0.828 bits per heavy atom. The molecule has 0 saturated heterocycles. The number of carbonyl (C=O) groups excluding carboxylic acids is 2. The highest BCUT2D eigenvalue weighted by molar-refractivity contribution is 5.91. The molecule has 0 aliphatic rings. The average molecular weight is 400 g/mol. The molecule has 4 nitrogen and oxygen atoms in total. The van der Waals surface area contributed by atoms with Gasteiger partial charge in [-0.3, -0.25) is 9.59 Å². The third-order valence-corrected chi connectivity index (χ3v) is 4.42. The Balaban J connectivity index is 1.50. The molecule has 3 aromatic carbocycles. The summed E-state index contributed by atoms with van der Waals surface area (Å²) in [5.41, 5.74) is 0.410. The number of alkyl halides is 3. The Bertz CT molecular complexity index is 1030. The average Bonchev–Trinajstić information content (AvgIpc) is 2.70. The van der Waals surface area contributed by atoms with Crippen LogP contribution in [-0.4, -0.2) is 18.4 Å². The van der Waals surface area contributed by atoms with E-state index < -0.39 is 17.6 Å². The van der Waals surface area contributed by atoms with Gasteiger partial charge >= 0.3 is 6.18 Å². The van der Waals surface area contributed by atoms with Crippen molar-refractivity contribution in [3.8, 4) is 0 Å². The number of halogens is 3. The lowest BCUT2D eigenvalue weighted by Crippen LogP contribution is -2.37. The topological polar surface area (TPSA) is 58.2 Å². The smallest absolute Gasteiger partial charge is 0.350 e. The number of fused-ring (bicyclic) bond motifs is 1. The van der Waals surface area contributed by atoms with Gasteiger partial charge in [-0.2, -0.15) is 13.2 Å². The maximum absolute atomic E-state index is 12.7. The second kappa shape index (κ2) is 8.77. The van der Waals surface area contributed by atoms with Crippen LogP contribution in [0.15, 0.2) is 66.7 Å². The Kier molecular flexibility index (Phi) is 6.16. The van der Waals surface area contributed by atoms with Crippen LogP contribution in [0.25, 0.3) is 10.8 Å². The zero-order chi connectivity index (χ0) is 20.9. The fourth-order valence-electron chi connectivity index (χ4n) is 2.98. The number of nitrogens with one attached hydrogen (secondary N) is 2. The highest BCUT2D eigenvalue weighted by Crippen LogP contribution is 2.29. The molecule has 0 bridgehead atoms. The Morgan fingerprint density at radius 3 is 2.34 bits per heavy atom. The van der Waals surface area contributed by atoms with E-state index in [1.54, 1.807) is 0 Å². The second-order valence-corrected chi connectivity index (χ2v) is 6.57. The minimum Gasteiger partial charge on any atom is -0.350 e. The van der Waals surface area contributed by atoms with Gasteiger partial charge in [0.1, 0.15) is 0 Å². The predicted octanol–water partition coefficient (Wildman–Crippen LogP) is 3.83. The third kappa shape index (κ3) is 5.57. The largest absolute Gasteiger partial charge is 0.416 e. The lowest BCUT2D eigenvalue weighted by molar-refractivity contribution is -0.137. The fourth-order valence-corrected chi connectivity index (χ4v) is 2.98. The van der Waals surface area contributed by atoms with Crippen molar-refractivity contribution in [2.75, 3.05) is 6.54 Å². The summed E-state index contributed by atoms with van der Waals surface area (Å²) in [5.74, 6) is -0.788. The van der Waals surface area contributed by atoms with Crippen LogP contribution in [0.2, 0.25) is 0 Å². The predicted molar refractivity (Wildman–Crippen MR) is 104 cm³/mol. The molecule has 150 valence electrons. The van der Waals surface area contributed by atoms with Gasteiger partial charge < -0.3 is 10.6 Å². The van der Waals surface area contributed by atoms with Crippen molar-refractivity contribution in [1.82, 2.24) is 10.6 Å². The van der Waals surface area contributed by atoms with E-state index in [1.807, 2.05) is 42.5 Å². The van der Waals surface area contributed by atoms with Crippen molar-refractivity contribution in [1.29, 1.82) is 0 Å². The molecule has 0 aromatic heterocycles. The molecule has 3 aromatic rings. The lowest BCUT2D eigenvalue weighted by atomic mass is 10.0. The van der Waals surface area contributed by atoms with Crippen molar-refractivity contribution in [2.45, 2.75) is 19.1 Å². The standard InChI is InChI=1S/C22H19F3N2O2/c23-22(24,25)18-9-3-5-15(11-18)13-26-21(29)14-27-20(28)12-17-8-4-7-16-6-1-2-10-19(16)17/h1-11H,12-14H2,(H,26,29)(H,27,28). The summed E-state index contributed by atoms with van der Waals surface area (Å²) in [6, 6.07) is 18.1. The van der Waals surface area contributed by atoms with Gasteiger partial charge in [-0.05, 0) is 34.0 Å². The van der Waals surface area contributed by atoms with Gasteiger partial charge in [0.15, 0.2) is 0 Å². The number of hydrogen-bond acceptors (Lipinski definition) is 2. The normalized spacial score (nSPS) is 11.3. The molecule has 0 radical (unpaired) electrons. The zero-order valence-corrected chi connectivity index (χ0v) is 15.4. The maximum Gasteiger partial charge on any atom is 0.416 e. The van der Waals surface area contributed by atoms with Gasteiger partial charge in [0.25, 0.3) is 0 Å². The molecule has 2 N–H and O–H groups in total. The molecule has 0 fully saturated rings. The van der Waals surface area contributed by atoms with Crippen molar-refractivity contribution >= 4 is 22.6 Å². The first kappa shape index (κ1) is 20.4. The summed E-state index contributed by atoms with van der Waals surface area (Å²) >= 11 is 0. The molecule has 7 heteroatoms. The van der Waals surface area contributed by atoms with E-state index in [1.165, 1.54) is 12.1 Å². The Labute approximate surface area is 165 Å². The summed E-state index contributed by atoms with van der Waals surface area (Å²) < 4.78 is 38.2. The van der Waals surface area contributed by atoms with Gasteiger partial charge in [0.05, 0.1) is 18.5 Å². The van der Waals surface area contributed by atoms with Crippen LogP contribution in [0.3, 0.4) is 0 Å². The van der Waals surface area contributed by atoms with E-state index in [9.17, 15) is 22.8 Å². The van der Waals surface area contributed by atoms with Crippen LogP contribution >= 0.6 is 0 Å². The Morgan fingerprint density at radius 2 is 1.55 bits per heavy atom. The zero-order valence-electron chi connectivity index (χ0n) is 15.4. The maximum atomic E-state index is 12.7. The van der Waals surface area contributed by atoms with Crippen molar-refractivity contribution in [2.24, 2.45) is 0 Å². The summed E-state index contributed by atoms with van der Waals surface area (Å²) in [4.78, 5) is 24.1. The minimum absolute atomic E-state index is 0.0536. The van der Waals surface area contributed by atoms with Crippen LogP contribution in [-0.2, 0) is 28.7 Å². The van der Waals surface area contributed by atoms with Gasteiger partial charge in [-0.25, -0.2) is 0 Å². The van der Waals surface area contributed by atoms with E-state index in [2.05, 4.69) is 10.6 Å². The quantitative estimate of drug-likeness (QED) is 0.661. The number of amides is 2. The van der Waals surface area contributed by atoms with Gasteiger partial charge in [0.2, 0.25) is 11.8 Å². The first-order valence-electron chi connectivity index (χ1n) is 8.99. The molecular weight excluding hydrogens is 381 g/mol. The highest BCUT2D eigenvalue weighted by atomic mass is 19.4. The van der Waals surface area contributed by atoms with Gasteiger partial charge in [-0.1, -0.05) is 54.6 Å². The molecular formula is C22H19F3N2O2. The van der Waals surface area contributed by atoms with E-state index in [0.29, 0.717) is 5.56 Å². The van der Waals surface area contributed by atoms with E-state index in [0.717, 1.165) is 28.5 Å². The molecule has 0 spiro atoms. The molecule has 3 rings (SSSR count). The number of rotatable bonds is 6. The summed E-state index contributed by atoms with van der Waals surface area (Å²) in [7, 11) is 0. The van der Waals surface area contributed by atoms with Crippen molar-refractivity contribution < 1.29 is 22.8 Å². The first-order chi connectivity index (χ1) is 13.8. The molecule has 29 heavy (non-hydrogen) atoms. The SMILES string of the molecule is O=C(CNC(=O)Cc1cccc2ccccc12)NCc1cccc(C(F)(F)F)c1. The second-order valence-electron chi connectivity index (χ2n) is 6.57. The number of carbonyl (C=O) groups is 2. The third-order valence-electron chi connectivity index (χ3n) is 4.42. The van der Waals surface area contributed by atoms with Gasteiger partial charge in [0, 0.05) is 6.54 Å². The van der Waals surface area contributed by atoms with E-state index in [-0.39, 0.29) is 25.4 Å². The molecule has 0 aliphatic heterocycles. The summed E-state index contributed by atoms with van der Waals surface area (Å²) in [5, 5.41) is 7.04. The van der Waals surface area contributed by atoms with Crippen LogP contribution in [0.4, 0.5) is 13.2 Å². The van der Waals surface area contributed by atoms with E-state index >= 15 is 0 Å². The summed E-state index contributed by atoms with van der Waals surface area (Å²) in [6.45, 7) is -0.301. The number of hydrogen-bond donors (Lipinski definition) is 2. The van der Waals surface area contributed by atoms with Crippen LogP contribution in [0.1, 0.15) is 16.7 Å². The molecule has 2 amide bonds. The molecule has 0 unspecified atom stereocenters. The monoisotopic (exact) mass is 400 g/mol. The van der Waals surface area contributed by atoms with Crippen LogP contribution in [0, 0.1) is 0 Å². The van der Waals surface area contributed by atoms with E-state index in [4.69, 9.17) is 0 Å². The molecule has 0 saturated carbocycles. The lowest BCUT2D eigenvalue weighted by Gasteiger charge is -2.10. The van der Waals surface area contributed by atoms with Crippen molar-refractivity contribution in [3.05, 3.63) is 83.4 Å². The number of benzene rings is 3. The van der Waals surface area contributed by atoms with Crippen molar-refractivity contribution in [3.63, 3.8) is 0 Å². The molecule has 0 atom stereocenters. The van der Waals surface area contributed by atoms with Crippen LogP contribution < -0.4 is 10.6 Å². The highest BCUT2D eigenvalue weighted by Gasteiger charge is 2.30. The molecule has 0 heterocycles. The first-order valence-corrected chi connectivity index (χ1v) is 8.99. The minimum atomic E-state index is -4.43. The van der Waals surface area contributed by atoms with Gasteiger partial charge in [-0.15, -0.1) is 0 Å². The molecule has 0 aliphatic carbocycles. The van der Waals surface area contributed by atoms with Crippen LogP contribution in [0.5, 0.6) is 0 Å². The fraction of sp³-hybridized carbons (Fsp3) is 0.182. The Hall–Kier alpha value is -3.35. The summed E-state index contributed by atoms with van der Waals surface area (Å²) in [6.07, 6.45) is -4.31.